The Morgan fingerprint density at radius 3 is 2.29 bits per heavy atom. The summed E-state index contributed by atoms with van der Waals surface area (Å²) in [5, 5.41) is 13.9. The van der Waals surface area contributed by atoms with E-state index in [-0.39, 0.29) is 19.5 Å². The van der Waals surface area contributed by atoms with Crippen LogP contribution in [0.5, 0.6) is 0 Å². The van der Waals surface area contributed by atoms with E-state index in [1.807, 2.05) is 0 Å². The maximum absolute atomic E-state index is 11.7. The van der Waals surface area contributed by atoms with Gasteiger partial charge in [0.25, 0.3) is 0 Å². The molecule has 0 bridgehead atoms. The summed E-state index contributed by atoms with van der Waals surface area (Å²) in [5.74, 6) is -1.48. The third-order valence-electron chi connectivity index (χ3n) is 2.50. The molecule has 0 spiro atoms. The Hall–Kier alpha value is -1.83. The van der Waals surface area contributed by atoms with Crippen molar-refractivity contribution in [2.45, 2.75) is 38.8 Å². The highest BCUT2D eigenvalue weighted by Crippen LogP contribution is 2.08. The van der Waals surface area contributed by atoms with Gasteiger partial charge in [0, 0.05) is 20.1 Å². The molecule has 0 saturated heterocycles. The molecule has 0 radical (unpaired) electrons. The number of carboxylic acid groups (broad SMARTS) is 1. The first-order valence-electron chi connectivity index (χ1n) is 6.67. The molecule has 0 aromatic carbocycles. The maximum atomic E-state index is 11.7. The number of carbonyl (C=O) groups is 3. The lowest BCUT2D eigenvalue weighted by atomic mass is 10.2. The Bertz CT molecular complexity index is 378. The largest absolute Gasteiger partial charge is 0.481 e. The molecule has 0 fully saturated rings. The normalized spacial score (nSPS) is 12.4. The standard InChI is InChI=1S/C13H25N3O5/c1-13(2,3)21-12(20)16(5)7-6-15-11(19)9(14-4)8-10(17)18/h9,14H,6-8H2,1-5H3,(H,15,19)(H,17,18)/t9-/m0/s1. The van der Waals surface area contributed by atoms with E-state index in [0.29, 0.717) is 0 Å². The first-order chi connectivity index (χ1) is 9.56. The van der Waals surface area contributed by atoms with E-state index in [1.54, 1.807) is 27.8 Å². The van der Waals surface area contributed by atoms with E-state index in [1.165, 1.54) is 11.9 Å². The minimum Gasteiger partial charge on any atom is -0.481 e. The molecule has 0 aliphatic carbocycles. The number of ether oxygens (including phenoxy) is 1. The van der Waals surface area contributed by atoms with Gasteiger partial charge < -0.3 is 25.4 Å². The van der Waals surface area contributed by atoms with Crippen LogP contribution in [-0.4, -0.2) is 66.8 Å². The Balaban J connectivity index is 4.15. The number of hydrogen-bond acceptors (Lipinski definition) is 5. The quantitative estimate of drug-likeness (QED) is 0.612. The summed E-state index contributed by atoms with van der Waals surface area (Å²) < 4.78 is 5.16. The maximum Gasteiger partial charge on any atom is 0.410 e. The molecule has 2 amide bonds. The van der Waals surface area contributed by atoms with Crippen molar-refractivity contribution in [2.75, 3.05) is 27.2 Å². The highest BCUT2D eigenvalue weighted by molar-refractivity contribution is 5.86. The molecule has 0 aromatic rings. The average Bonchev–Trinajstić information content (AvgIpc) is 2.33. The molecule has 21 heavy (non-hydrogen) atoms. The van der Waals surface area contributed by atoms with Crippen LogP contribution in [-0.2, 0) is 14.3 Å². The van der Waals surface area contributed by atoms with Gasteiger partial charge in [-0.05, 0) is 27.8 Å². The van der Waals surface area contributed by atoms with Gasteiger partial charge in [0.05, 0.1) is 12.5 Å². The molecule has 0 unspecified atom stereocenters. The minimum absolute atomic E-state index is 0.215. The Morgan fingerprint density at radius 1 is 1.29 bits per heavy atom. The molecule has 1 atom stereocenters. The highest BCUT2D eigenvalue weighted by Gasteiger charge is 2.21. The number of aliphatic carboxylic acids is 1. The molecule has 0 aliphatic rings. The number of rotatable bonds is 7. The number of amides is 2. The van der Waals surface area contributed by atoms with Crippen molar-refractivity contribution in [3.05, 3.63) is 0 Å². The van der Waals surface area contributed by atoms with Crippen molar-refractivity contribution in [1.29, 1.82) is 0 Å². The zero-order chi connectivity index (χ0) is 16.6. The van der Waals surface area contributed by atoms with Gasteiger partial charge in [0.1, 0.15) is 5.60 Å². The fourth-order valence-electron chi connectivity index (χ4n) is 1.40. The second-order valence-corrected chi connectivity index (χ2v) is 5.63. The third kappa shape index (κ3) is 8.85. The summed E-state index contributed by atoms with van der Waals surface area (Å²) in [7, 11) is 3.08. The fraction of sp³-hybridized carbons (Fsp3) is 0.769. The number of likely N-dealkylation sites (N-methyl/N-ethyl adjacent to an activating group) is 2. The summed E-state index contributed by atoms with van der Waals surface area (Å²) in [4.78, 5) is 35.3. The van der Waals surface area contributed by atoms with Crippen LogP contribution >= 0.6 is 0 Å². The minimum atomic E-state index is -1.06. The van der Waals surface area contributed by atoms with Crippen LogP contribution in [0, 0.1) is 0 Å². The molecule has 0 heterocycles. The van der Waals surface area contributed by atoms with Crippen LogP contribution in [0.1, 0.15) is 27.2 Å². The van der Waals surface area contributed by atoms with E-state index < -0.39 is 29.6 Å². The monoisotopic (exact) mass is 303 g/mol. The topological polar surface area (TPSA) is 108 Å². The molecular weight excluding hydrogens is 278 g/mol. The second kappa shape index (κ2) is 8.46. The van der Waals surface area contributed by atoms with Crippen LogP contribution in [0.15, 0.2) is 0 Å². The lowest BCUT2D eigenvalue weighted by Crippen LogP contribution is -2.46. The van der Waals surface area contributed by atoms with E-state index >= 15 is 0 Å². The fourth-order valence-corrected chi connectivity index (χ4v) is 1.40. The van der Waals surface area contributed by atoms with Crippen molar-refractivity contribution in [3.8, 4) is 0 Å². The predicted octanol–water partition coefficient (Wildman–Crippen LogP) is 0.0322. The van der Waals surface area contributed by atoms with Gasteiger partial charge in [-0.25, -0.2) is 4.79 Å². The molecule has 8 nitrogen and oxygen atoms in total. The first-order valence-corrected chi connectivity index (χ1v) is 6.67. The van der Waals surface area contributed by atoms with Gasteiger partial charge in [-0.15, -0.1) is 0 Å². The number of carboxylic acids is 1. The molecule has 0 aliphatic heterocycles. The third-order valence-corrected chi connectivity index (χ3v) is 2.50. The molecule has 3 N–H and O–H groups in total. The van der Waals surface area contributed by atoms with Gasteiger partial charge in [-0.3, -0.25) is 9.59 Å². The molecule has 122 valence electrons. The highest BCUT2D eigenvalue weighted by atomic mass is 16.6. The summed E-state index contributed by atoms with van der Waals surface area (Å²) in [6.07, 6.45) is -0.781. The Kier molecular flexibility index (Phi) is 7.72. The van der Waals surface area contributed by atoms with Crippen molar-refractivity contribution in [3.63, 3.8) is 0 Å². The van der Waals surface area contributed by atoms with Crippen LogP contribution in [0.3, 0.4) is 0 Å². The molecule has 0 aromatic heterocycles. The second-order valence-electron chi connectivity index (χ2n) is 5.63. The SMILES string of the molecule is CN[C@@H](CC(=O)O)C(=O)NCCN(C)C(=O)OC(C)(C)C. The van der Waals surface area contributed by atoms with E-state index in [4.69, 9.17) is 9.84 Å². The van der Waals surface area contributed by atoms with Crippen LogP contribution in [0.4, 0.5) is 4.79 Å². The number of hydrogen-bond donors (Lipinski definition) is 3. The molecule has 0 rings (SSSR count). The molecule has 0 saturated carbocycles. The first kappa shape index (κ1) is 19.2. The summed E-state index contributed by atoms with van der Waals surface area (Å²) in [6, 6.07) is -0.797. The smallest absolute Gasteiger partial charge is 0.410 e. The zero-order valence-electron chi connectivity index (χ0n) is 13.2. The average molecular weight is 303 g/mol. The van der Waals surface area contributed by atoms with Crippen molar-refractivity contribution >= 4 is 18.0 Å². The molecular formula is C13H25N3O5. The van der Waals surface area contributed by atoms with E-state index in [0.717, 1.165) is 0 Å². The van der Waals surface area contributed by atoms with Gasteiger partial charge in [0.15, 0.2) is 0 Å². The summed E-state index contributed by atoms with van der Waals surface area (Å²) in [5.41, 5.74) is -0.576. The Labute approximate surface area is 124 Å². The summed E-state index contributed by atoms with van der Waals surface area (Å²) in [6.45, 7) is 5.79. The van der Waals surface area contributed by atoms with Crippen molar-refractivity contribution < 1.29 is 24.2 Å². The van der Waals surface area contributed by atoms with Gasteiger partial charge in [-0.1, -0.05) is 0 Å². The number of carbonyl (C=O) groups excluding carboxylic acids is 2. The van der Waals surface area contributed by atoms with E-state index in [2.05, 4.69) is 10.6 Å². The Morgan fingerprint density at radius 2 is 1.86 bits per heavy atom. The van der Waals surface area contributed by atoms with Crippen molar-refractivity contribution in [1.82, 2.24) is 15.5 Å². The van der Waals surface area contributed by atoms with Gasteiger partial charge >= 0.3 is 12.1 Å². The van der Waals surface area contributed by atoms with Crippen molar-refractivity contribution in [2.24, 2.45) is 0 Å². The van der Waals surface area contributed by atoms with Crippen LogP contribution < -0.4 is 10.6 Å². The van der Waals surface area contributed by atoms with E-state index in [9.17, 15) is 14.4 Å². The number of nitrogens with zero attached hydrogens (tertiary/aromatic N) is 1. The predicted molar refractivity (Wildman–Crippen MR) is 77.0 cm³/mol. The molecule has 8 heteroatoms. The lowest BCUT2D eigenvalue weighted by molar-refractivity contribution is -0.139. The lowest BCUT2D eigenvalue weighted by Gasteiger charge is -2.24. The summed E-state index contributed by atoms with van der Waals surface area (Å²) >= 11 is 0. The zero-order valence-corrected chi connectivity index (χ0v) is 13.2. The van der Waals surface area contributed by atoms with Crippen LogP contribution in [0.25, 0.3) is 0 Å². The van der Waals surface area contributed by atoms with Crippen LogP contribution in [0.2, 0.25) is 0 Å². The van der Waals surface area contributed by atoms with Gasteiger partial charge in [0.2, 0.25) is 5.91 Å². The van der Waals surface area contributed by atoms with Gasteiger partial charge in [-0.2, -0.15) is 0 Å². The number of nitrogens with one attached hydrogen (secondary N) is 2.